The summed E-state index contributed by atoms with van der Waals surface area (Å²) in [6.45, 7) is 2.53. The zero-order valence-corrected chi connectivity index (χ0v) is 21.7. The second kappa shape index (κ2) is 10.0. The standard InChI is InChI=1S/C31H35FN2O4/c32-29-17-24(7-10-30(29)38-27-15-22-5-6-23(16-27)34(22)18-20-3-4-20)33-12-11-21-14-25(8-9-28(21)31(33)35)37-19-26-2-1-13-36-26/h7-12,14,17,20,22-23,26-27H,1-6,13,15-16,18-19H2/t22?,23?,26-,27?/m1/s1. The van der Waals surface area contributed by atoms with E-state index in [0.29, 0.717) is 35.5 Å². The monoisotopic (exact) mass is 518 g/mol. The van der Waals surface area contributed by atoms with Crippen molar-refractivity contribution < 1.29 is 18.6 Å². The lowest BCUT2D eigenvalue weighted by Gasteiger charge is -2.39. The molecular weight excluding hydrogens is 483 g/mol. The molecule has 3 saturated heterocycles. The highest BCUT2D eigenvalue weighted by molar-refractivity contribution is 5.83. The predicted octanol–water partition coefficient (Wildman–Crippen LogP) is 5.47. The molecule has 0 radical (unpaired) electrons. The van der Waals surface area contributed by atoms with Crippen LogP contribution < -0.4 is 15.0 Å². The third kappa shape index (κ3) is 4.82. The van der Waals surface area contributed by atoms with Gasteiger partial charge in [-0.15, -0.1) is 0 Å². The number of aromatic nitrogens is 1. The molecule has 7 rings (SSSR count). The number of ether oxygens (including phenoxy) is 3. The Morgan fingerprint density at radius 2 is 1.82 bits per heavy atom. The maximum atomic E-state index is 15.2. The van der Waals surface area contributed by atoms with E-state index in [4.69, 9.17) is 14.2 Å². The van der Waals surface area contributed by atoms with Crippen LogP contribution in [0.2, 0.25) is 0 Å². The molecule has 0 amide bonds. The van der Waals surface area contributed by atoms with Gasteiger partial charge in [-0.05, 0) is 99.1 Å². The van der Waals surface area contributed by atoms with Crippen LogP contribution in [-0.2, 0) is 4.74 Å². The van der Waals surface area contributed by atoms with Crippen molar-refractivity contribution in [1.29, 1.82) is 0 Å². The molecule has 7 heteroatoms. The van der Waals surface area contributed by atoms with Gasteiger partial charge >= 0.3 is 0 Å². The maximum absolute atomic E-state index is 15.2. The van der Waals surface area contributed by atoms with Gasteiger partial charge in [0, 0.05) is 42.9 Å². The molecule has 4 aliphatic rings. The molecule has 3 aromatic rings. The maximum Gasteiger partial charge on any atom is 0.262 e. The van der Waals surface area contributed by atoms with Crippen molar-refractivity contribution in [2.45, 2.75) is 75.7 Å². The molecule has 0 N–H and O–H groups in total. The summed E-state index contributed by atoms with van der Waals surface area (Å²) in [5.41, 5.74) is 0.292. The minimum absolute atomic E-state index is 0.0448. The summed E-state index contributed by atoms with van der Waals surface area (Å²) < 4.78 is 34.4. The summed E-state index contributed by atoms with van der Waals surface area (Å²) in [5.74, 6) is 1.45. The van der Waals surface area contributed by atoms with E-state index in [-0.39, 0.29) is 23.5 Å². The van der Waals surface area contributed by atoms with Crippen LogP contribution in [0.25, 0.3) is 16.5 Å². The van der Waals surface area contributed by atoms with E-state index in [2.05, 4.69) is 4.90 Å². The van der Waals surface area contributed by atoms with Crippen LogP contribution >= 0.6 is 0 Å². The number of hydrogen-bond acceptors (Lipinski definition) is 5. The molecular formula is C31H35FN2O4. The minimum atomic E-state index is -0.430. The van der Waals surface area contributed by atoms with Gasteiger partial charge in [0.2, 0.25) is 0 Å². The first-order chi connectivity index (χ1) is 18.6. The highest BCUT2D eigenvalue weighted by Crippen LogP contribution is 2.41. The van der Waals surface area contributed by atoms with Crippen molar-refractivity contribution in [2.75, 3.05) is 19.8 Å². The van der Waals surface area contributed by atoms with Crippen LogP contribution in [0.4, 0.5) is 4.39 Å². The zero-order valence-electron chi connectivity index (χ0n) is 21.7. The minimum Gasteiger partial charge on any atom is -0.491 e. The zero-order chi connectivity index (χ0) is 25.6. The van der Waals surface area contributed by atoms with Crippen LogP contribution in [-0.4, -0.2) is 53.5 Å². The van der Waals surface area contributed by atoms with E-state index in [1.165, 1.54) is 42.9 Å². The van der Waals surface area contributed by atoms with Gasteiger partial charge in [-0.1, -0.05) is 0 Å². The number of nitrogens with zero attached hydrogens (tertiary/aromatic N) is 2. The fourth-order valence-electron chi connectivity index (χ4n) is 6.62. The molecule has 200 valence electrons. The Morgan fingerprint density at radius 3 is 2.55 bits per heavy atom. The van der Waals surface area contributed by atoms with Gasteiger partial charge in [0.25, 0.3) is 5.56 Å². The summed E-state index contributed by atoms with van der Waals surface area (Å²) in [7, 11) is 0. The lowest BCUT2D eigenvalue weighted by molar-refractivity contribution is 0.0446. The highest BCUT2D eigenvalue weighted by atomic mass is 19.1. The van der Waals surface area contributed by atoms with E-state index in [9.17, 15) is 4.79 Å². The first kappa shape index (κ1) is 24.2. The molecule has 3 aliphatic heterocycles. The van der Waals surface area contributed by atoms with Gasteiger partial charge in [0.05, 0.1) is 11.8 Å². The first-order valence-corrected chi connectivity index (χ1v) is 14.2. The highest BCUT2D eigenvalue weighted by Gasteiger charge is 2.43. The van der Waals surface area contributed by atoms with E-state index in [1.54, 1.807) is 24.4 Å². The fourth-order valence-corrected chi connectivity index (χ4v) is 6.62. The molecule has 2 aromatic carbocycles. The topological polar surface area (TPSA) is 52.9 Å². The van der Waals surface area contributed by atoms with Crippen molar-refractivity contribution in [2.24, 2.45) is 5.92 Å². The molecule has 0 spiro atoms. The number of hydrogen-bond donors (Lipinski definition) is 0. The number of pyridine rings is 1. The van der Waals surface area contributed by atoms with Gasteiger partial charge in [-0.3, -0.25) is 14.3 Å². The van der Waals surface area contributed by atoms with Crippen LogP contribution in [0.1, 0.15) is 51.4 Å². The number of piperidine rings is 1. The molecule has 1 aliphatic carbocycles. The molecule has 6 nitrogen and oxygen atoms in total. The van der Waals surface area contributed by atoms with Crippen molar-refractivity contribution in [1.82, 2.24) is 9.47 Å². The Bertz CT molecular complexity index is 1370. The van der Waals surface area contributed by atoms with E-state index < -0.39 is 5.82 Å². The van der Waals surface area contributed by atoms with Gasteiger partial charge in [0.15, 0.2) is 11.6 Å². The Labute approximate surface area is 222 Å². The summed E-state index contributed by atoms with van der Waals surface area (Å²) >= 11 is 0. The van der Waals surface area contributed by atoms with Gasteiger partial charge < -0.3 is 14.2 Å². The van der Waals surface area contributed by atoms with Gasteiger partial charge in [-0.25, -0.2) is 4.39 Å². The Morgan fingerprint density at radius 1 is 0.974 bits per heavy atom. The number of rotatable bonds is 8. The second-order valence-corrected chi connectivity index (χ2v) is 11.5. The third-order valence-electron chi connectivity index (χ3n) is 8.83. The fraction of sp³-hybridized carbons (Fsp3) is 0.516. The van der Waals surface area contributed by atoms with Gasteiger partial charge in [-0.2, -0.15) is 0 Å². The molecule has 1 aromatic heterocycles. The molecule has 1 saturated carbocycles. The average Bonchev–Trinajstić information content (AvgIpc) is 3.52. The van der Waals surface area contributed by atoms with Crippen molar-refractivity contribution in [3.05, 3.63) is 64.8 Å². The predicted molar refractivity (Wildman–Crippen MR) is 144 cm³/mol. The summed E-state index contributed by atoms with van der Waals surface area (Å²) in [6, 6.07) is 13.3. The van der Waals surface area contributed by atoms with Crippen LogP contribution in [0.3, 0.4) is 0 Å². The number of halogens is 1. The Balaban J connectivity index is 1.04. The number of fused-ring (bicyclic) bond motifs is 3. The van der Waals surface area contributed by atoms with Gasteiger partial charge in [0.1, 0.15) is 18.5 Å². The molecule has 4 heterocycles. The molecule has 38 heavy (non-hydrogen) atoms. The summed E-state index contributed by atoms with van der Waals surface area (Å²) in [5, 5.41) is 1.35. The molecule has 3 atom stereocenters. The quantitative estimate of drug-likeness (QED) is 0.396. The smallest absolute Gasteiger partial charge is 0.262 e. The average molecular weight is 519 g/mol. The SMILES string of the molecule is O=c1c2ccc(OC[C@H]3CCCO3)cc2ccn1-c1ccc(OC2CC3CCC(C2)N3CC2CC2)c(F)c1. The molecule has 2 unspecified atom stereocenters. The van der Waals surface area contributed by atoms with Crippen LogP contribution in [0.15, 0.2) is 53.5 Å². The Kier molecular flexibility index (Phi) is 6.36. The largest absolute Gasteiger partial charge is 0.491 e. The van der Waals surface area contributed by atoms with Crippen LogP contribution in [0.5, 0.6) is 11.5 Å². The number of benzene rings is 2. The Hall–Kier alpha value is -2.90. The lowest BCUT2D eigenvalue weighted by atomic mass is 9.99. The molecule has 4 fully saturated rings. The summed E-state index contributed by atoms with van der Waals surface area (Å²) in [6.07, 6.45) is 11.1. The van der Waals surface area contributed by atoms with E-state index in [0.717, 1.165) is 43.6 Å². The normalized spacial score (nSPS) is 27.2. The van der Waals surface area contributed by atoms with Crippen LogP contribution in [0, 0.1) is 11.7 Å². The summed E-state index contributed by atoms with van der Waals surface area (Å²) in [4.78, 5) is 16.0. The third-order valence-corrected chi connectivity index (χ3v) is 8.83. The van der Waals surface area contributed by atoms with E-state index in [1.807, 2.05) is 18.2 Å². The second-order valence-electron chi connectivity index (χ2n) is 11.5. The van der Waals surface area contributed by atoms with Crippen molar-refractivity contribution in [3.8, 4) is 17.2 Å². The lowest BCUT2D eigenvalue weighted by Crippen LogP contribution is -2.47. The molecule has 2 bridgehead atoms. The van der Waals surface area contributed by atoms with Crippen molar-refractivity contribution >= 4 is 10.8 Å². The van der Waals surface area contributed by atoms with E-state index >= 15 is 4.39 Å². The first-order valence-electron chi connectivity index (χ1n) is 14.2. The van der Waals surface area contributed by atoms with Crippen molar-refractivity contribution in [3.63, 3.8) is 0 Å².